The summed E-state index contributed by atoms with van der Waals surface area (Å²) >= 11 is 0. The summed E-state index contributed by atoms with van der Waals surface area (Å²) in [5.74, 6) is -3.86. The number of hydrogen-bond acceptors (Lipinski definition) is 8. The molecule has 1 aromatic heterocycles. The molecular weight excluding hydrogens is 524 g/mol. The van der Waals surface area contributed by atoms with Gasteiger partial charge in [-0.15, -0.1) is 0 Å². The molecule has 1 heterocycles. The number of nitrogens with one attached hydrogen (secondary N) is 1. The molecule has 182 valence electrons. The molecule has 5 aromatic rings. The molecule has 0 bridgehead atoms. The fourth-order valence-electron chi connectivity index (χ4n) is 3.74. The monoisotopic (exact) mass is 539 g/mol. The van der Waals surface area contributed by atoms with Gasteiger partial charge in [0.25, 0.3) is 0 Å². The largest absolute Gasteiger partial charge is 1.00 e. The van der Waals surface area contributed by atoms with Crippen LogP contribution in [0.4, 0.5) is 22.7 Å². The number of hydrogen-bond donors (Lipinski definition) is 3. The minimum absolute atomic E-state index is 0. The molecule has 3 N–H and O–H groups in total. The number of fused-ring (bicyclic) bond motifs is 3. The van der Waals surface area contributed by atoms with Gasteiger partial charge in [-0.25, -0.2) is 9.59 Å². The van der Waals surface area contributed by atoms with E-state index in [9.17, 15) is 19.8 Å². The predicted octanol–water partition coefficient (Wildman–Crippen LogP) is -0.296. The maximum atomic E-state index is 11.6. The third kappa shape index (κ3) is 6.53. The van der Waals surface area contributed by atoms with E-state index in [0.717, 1.165) is 33.9 Å². The van der Waals surface area contributed by atoms with Crippen molar-refractivity contribution in [3.8, 4) is 11.5 Å². The van der Waals surface area contributed by atoms with Crippen molar-refractivity contribution in [2.75, 3.05) is 0 Å². The van der Waals surface area contributed by atoms with E-state index in [1.165, 1.54) is 24.3 Å². The normalized spacial score (nSPS) is 11.1. The average Bonchev–Trinajstić information content (AvgIpc) is 3.24. The maximum absolute atomic E-state index is 11.6. The molecule has 0 amide bonds. The molecule has 11 nitrogen and oxygen atoms in total. The quantitative estimate of drug-likeness (QED) is 0.196. The minimum atomic E-state index is -1.33. The fraction of sp³-hybridized carbons (Fsp3) is 0. The van der Waals surface area contributed by atoms with Gasteiger partial charge in [-0.1, -0.05) is 23.6 Å². The number of benzene rings is 4. The van der Waals surface area contributed by atoms with E-state index in [0.29, 0.717) is 11.4 Å². The molecule has 0 aliphatic rings. The molecular formula is C26H15N5Na2O6. The number of aromatic nitrogens is 1. The van der Waals surface area contributed by atoms with Crippen molar-refractivity contribution in [3.63, 3.8) is 0 Å². The summed E-state index contributed by atoms with van der Waals surface area (Å²) in [6, 6.07) is 18.2. The predicted molar refractivity (Wildman–Crippen MR) is 130 cm³/mol. The van der Waals surface area contributed by atoms with Crippen LogP contribution in [0.25, 0.3) is 21.8 Å². The van der Waals surface area contributed by atoms with Gasteiger partial charge in [-0.3, -0.25) is 0 Å². The smallest absolute Gasteiger partial charge is 0.872 e. The molecule has 39 heavy (non-hydrogen) atoms. The van der Waals surface area contributed by atoms with Crippen molar-refractivity contribution in [2.24, 2.45) is 20.5 Å². The Bertz CT molecular complexity index is 1660. The summed E-state index contributed by atoms with van der Waals surface area (Å²) < 4.78 is 0. The Morgan fingerprint density at radius 3 is 1.26 bits per heavy atom. The maximum Gasteiger partial charge on any atom is 1.00 e. The Balaban J connectivity index is 0.00000210. The number of aromatic amines is 1. The van der Waals surface area contributed by atoms with E-state index >= 15 is 0 Å². The number of aromatic carboxylic acids is 2. The Kier molecular flexibility index (Phi) is 9.62. The van der Waals surface area contributed by atoms with Gasteiger partial charge in [0.05, 0.1) is 33.9 Å². The van der Waals surface area contributed by atoms with Gasteiger partial charge >= 0.3 is 71.1 Å². The second kappa shape index (κ2) is 12.5. The van der Waals surface area contributed by atoms with Gasteiger partial charge in [0.15, 0.2) is 0 Å². The standard InChI is InChI=1S/C26H17N5O6.2Na/c32-23-7-3-13(9-19(23)25(34)35)28-30-15-1-5-17-18-6-2-16(12-22(18)27-21(17)11-15)31-29-14-4-8-24(33)20(10-14)26(36)37;;/h1-12,27,32-33H,(H,34,35)(H,36,37);;/q;2*+1/p-2. The van der Waals surface area contributed by atoms with Crippen LogP contribution in [0, 0.1) is 0 Å². The first kappa shape index (κ1) is 30.0. The molecule has 0 saturated heterocycles. The summed E-state index contributed by atoms with van der Waals surface area (Å²) in [7, 11) is 0. The van der Waals surface area contributed by atoms with Crippen molar-refractivity contribution in [1.29, 1.82) is 0 Å². The first-order chi connectivity index (χ1) is 17.8. The molecule has 0 atom stereocenters. The molecule has 13 heteroatoms. The van der Waals surface area contributed by atoms with Gasteiger partial charge in [0.1, 0.15) is 0 Å². The van der Waals surface area contributed by atoms with Gasteiger partial charge < -0.3 is 25.4 Å². The molecule has 0 radical (unpaired) electrons. The zero-order valence-corrected chi connectivity index (χ0v) is 24.7. The van der Waals surface area contributed by atoms with Crippen LogP contribution in [0.1, 0.15) is 20.7 Å². The van der Waals surface area contributed by atoms with Crippen LogP contribution in [0.5, 0.6) is 11.5 Å². The van der Waals surface area contributed by atoms with Gasteiger partial charge in [0, 0.05) is 21.8 Å². The van der Waals surface area contributed by atoms with Crippen molar-refractivity contribution in [2.45, 2.75) is 0 Å². The first-order valence-electron chi connectivity index (χ1n) is 10.8. The summed E-state index contributed by atoms with van der Waals surface area (Å²) in [5, 5.41) is 59.6. The molecule has 0 fully saturated rings. The van der Waals surface area contributed by atoms with Gasteiger partial charge in [-0.2, -0.15) is 20.5 Å². The second-order valence-electron chi connectivity index (χ2n) is 7.96. The van der Waals surface area contributed by atoms with Crippen molar-refractivity contribution < 1.29 is 89.1 Å². The molecule has 0 aliphatic heterocycles. The molecule has 0 spiro atoms. The van der Waals surface area contributed by atoms with E-state index in [-0.39, 0.29) is 81.6 Å². The zero-order chi connectivity index (χ0) is 26.1. The van der Waals surface area contributed by atoms with Crippen LogP contribution in [-0.2, 0) is 0 Å². The topological polar surface area (TPSA) is 186 Å². The third-order valence-electron chi connectivity index (χ3n) is 5.51. The van der Waals surface area contributed by atoms with Crippen LogP contribution < -0.4 is 69.3 Å². The SMILES string of the molecule is O=C(O)c1cc(N=Nc2ccc3c(c2)[nH]c2cc(N=Nc4ccc([O-])c(C(=O)O)c4)ccc23)ccc1[O-].[Na+].[Na+]. The molecule has 0 saturated carbocycles. The number of H-pyrrole nitrogens is 1. The van der Waals surface area contributed by atoms with Crippen LogP contribution in [0.3, 0.4) is 0 Å². The van der Waals surface area contributed by atoms with Crippen LogP contribution >= 0.6 is 0 Å². The summed E-state index contributed by atoms with van der Waals surface area (Å²) in [4.78, 5) is 25.6. The van der Waals surface area contributed by atoms with Crippen molar-refractivity contribution >= 4 is 56.5 Å². The summed E-state index contributed by atoms with van der Waals surface area (Å²) in [5.41, 5.74) is 2.31. The number of carboxylic acid groups (broad SMARTS) is 2. The van der Waals surface area contributed by atoms with E-state index in [1.54, 1.807) is 24.3 Å². The molecule has 0 aliphatic carbocycles. The summed E-state index contributed by atoms with van der Waals surface area (Å²) in [6.45, 7) is 0. The molecule has 4 aromatic carbocycles. The Hall–Kier alpha value is -3.58. The van der Waals surface area contributed by atoms with Crippen molar-refractivity contribution in [3.05, 3.63) is 83.9 Å². The minimum Gasteiger partial charge on any atom is -0.872 e. The number of azo groups is 2. The Morgan fingerprint density at radius 2 is 0.897 bits per heavy atom. The third-order valence-corrected chi connectivity index (χ3v) is 5.51. The van der Waals surface area contributed by atoms with E-state index in [1.807, 2.05) is 12.1 Å². The summed E-state index contributed by atoms with van der Waals surface area (Å²) in [6.07, 6.45) is 0. The second-order valence-corrected chi connectivity index (χ2v) is 7.96. The van der Waals surface area contributed by atoms with Crippen LogP contribution in [0.2, 0.25) is 0 Å². The number of carboxylic acids is 2. The van der Waals surface area contributed by atoms with Crippen molar-refractivity contribution in [1.82, 2.24) is 4.98 Å². The number of carbonyl (C=O) groups is 2. The number of rotatable bonds is 6. The van der Waals surface area contributed by atoms with E-state index in [2.05, 4.69) is 25.4 Å². The molecule has 5 rings (SSSR count). The van der Waals surface area contributed by atoms with E-state index in [4.69, 9.17) is 10.2 Å². The van der Waals surface area contributed by atoms with Gasteiger partial charge in [0.2, 0.25) is 0 Å². The first-order valence-corrected chi connectivity index (χ1v) is 10.8. The average molecular weight is 539 g/mol. The number of nitrogens with zero attached hydrogens (tertiary/aromatic N) is 4. The fourth-order valence-corrected chi connectivity index (χ4v) is 3.74. The van der Waals surface area contributed by atoms with E-state index < -0.39 is 23.4 Å². The Morgan fingerprint density at radius 1 is 0.564 bits per heavy atom. The van der Waals surface area contributed by atoms with Gasteiger partial charge in [-0.05, 0) is 60.7 Å². The Labute approximate surface area is 264 Å². The van der Waals surface area contributed by atoms with Crippen LogP contribution in [0.15, 0.2) is 93.3 Å². The van der Waals surface area contributed by atoms with Crippen LogP contribution in [-0.4, -0.2) is 27.1 Å². The zero-order valence-electron chi connectivity index (χ0n) is 20.7. The molecule has 0 unspecified atom stereocenters.